The van der Waals surface area contributed by atoms with Crippen LogP contribution in [0.4, 0.5) is 11.6 Å². The summed E-state index contributed by atoms with van der Waals surface area (Å²) in [6.45, 7) is 1.95. The maximum absolute atomic E-state index is 7.62. The van der Waals surface area contributed by atoms with Gasteiger partial charge in [-0.1, -0.05) is 35.3 Å². The minimum Gasteiger partial charge on any atom is -0.368 e. The van der Waals surface area contributed by atoms with Gasteiger partial charge in [0.05, 0.1) is 15.6 Å². The number of likely N-dealkylation sites (N-methyl/N-ethyl adjacent to an activating group) is 1. The largest absolute Gasteiger partial charge is 0.368 e. The molecule has 0 saturated carbocycles. The van der Waals surface area contributed by atoms with Gasteiger partial charge >= 0.3 is 0 Å². The lowest BCUT2D eigenvalue weighted by molar-refractivity contribution is 0.820. The van der Waals surface area contributed by atoms with Crippen LogP contribution in [0.1, 0.15) is 11.1 Å². The van der Waals surface area contributed by atoms with Crippen molar-refractivity contribution in [3.63, 3.8) is 0 Å². The third-order valence-corrected chi connectivity index (χ3v) is 4.03. The third kappa shape index (κ3) is 4.54. The molecule has 1 aromatic heterocycles. The number of nitrogens with one attached hydrogen (secondary N) is 4. The SMILES string of the molecule is CNCCNc1ncnc(NCc2cccc(Cl)c2Cl)c1C=N. The average molecular weight is 353 g/mol. The summed E-state index contributed by atoms with van der Waals surface area (Å²) < 4.78 is 0. The van der Waals surface area contributed by atoms with Crippen molar-refractivity contribution in [1.29, 1.82) is 5.41 Å². The topological polar surface area (TPSA) is 85.7 Å². The number of hydrogen-bond acceptors (Lipinski definition) is 6. The van der Waals surface area contributed by atoms with E-state index in [1.54, 1.807) is 6.07 Å². The normalized spacial score (nSPS) is 10.4. The Kier molecular flexibility index (Phi) is 6.58. The van der Waals surface area contributed by atoms with Crippen LogP contribution < -0.4 is 16.0 Å². The highest BCUT2D eigenvalue weighted by atomic mass is 35.5. The van der Waals surface area contributed by atoms with Crippen LogP contribution in [0, 0.1) is 5.41 Å². The van der Waals surface area contributed by atoms with Crippen molar-refractivity contribution in [2.75, 3.05) is 30.8 Å². The van der Waals surface area contributed by atoms with Gasteiger partial charge in [-0.05, 0) is 18.7 Å². The summed E-state index contributed by atoms with van der Waals surface area (Å²) >= 11 is 12.2. The first kappa shape index (κ1) is 17.5. The van der Waals surface area contributed by atoms with Crippen LogP contribution in [0.2, 0.25) is 10.0 Å². The molecule has 0 spiro atoms. The Hall–Kier alpha value is -1.89. The van der Waals surface area contributed by atoms with E-state index in [9.17, 15) is 0 Å². The number of hydrogen-bond donors (Lipinski definition) is 4. The Morgan fingerprint density at radius 1 is 1.13 bits per heavy atom. The molecule has 1 heterocycles. The molecule has 6 nitrogen and oxygen atoms in total. The van der Waals surface area contributed by atoms with Crippen LogP contribution in [-0.2, 0) is 6.54 Å². The van der Waals surface area contributed by atoms with Gasteiger partial charge in [0.1, 0.15) is 18.0 Å². The van der Waals surface area contributed by atoms with Gasteiger partial charge in [0, 0.05) is 25.8 Å². The fourth-order valence-electron chi connectivity index (χ4n) is 1.98. The van der Waals surface area contributed by atoms with E-state index >= 15 is 0 Å². The zero-order valence-electron chi connectivity index (χ0n) is 12.7. The van der Waals surface area contributed by atoms with E-state index in [1.807, 2.05) is 19.2 Å². The number of halogens is 2. The van der Waals surface area contributed by atoms with Crippen molar-refractivity contribution in [2.24, 2.45) is 0 Å². The first-order chi connectivity index (χ1) is 11.2. The van der Waals surface area contributed by atoms with Crippen molar-refractivity contribution < 1.29 is 0 Å². The molecule has 8 heteroatoms. The van der Waals surface area contributed by atoms with Gasteiger partial charge in [-0.2, -0.15) is 0 Å². The van der Waals surface area contributed by atoms with Gasteiger partial charge in [0.15, 0.2) is 0 Å². The molecule has 0 fully saturated rings. The van der Waals surface area contributed by atoms with Crippen molar-refractivity contribution in [2.45, 2.75) is 6.54 Å². The monoisotopic (exact) mass is 352 g/mol. The van der Waals surface area contributed by atoms with E-state index in [1.165, 1.54) is 12.5 Å². The van der Waals surface area contributed by atoms with E-state index in [-0.39, 0.29) is 0 Å². The Bertz CT molecular complexity index is 677. The maximum atomic E-state index is 7.62. The fraction of sp³-hybridized carbons (Fsp3) is 0.267. The Morgan fingerprint density at radius 3 is 2.57 bits per heavy atom. The van der Waals surface area contributed by atoms with Crippen LogP contribution in [0.5, 0.6) is 0 Å². The molecule has 0 aliphatic rings. The van der Waals surface area contributed by atoms with Crippen LogP contribution in [-0.4, -0.2) is 36.3 Å². The zero-order valence-corrected chi connectivity index (χ0v) is 14.2. The van der Waals surface area contributed by atoms with Crippen LogP contribution in [0.25, 0.3) is 0 Å². The molecule has 1 aromatic carbocycles. The predicted molar refractivity (Wildman–Crippen MR) is 96.1 cm³/mol. The molecular formula is C15H18Cl2N6. The van der Waals surface area contributed by atoms with Crippen LogP contribution in [0.15, 0.2) is 24.5 Å². The van der Waals surface area contributed by atoms with E-state index in [2.05, 4.69) is 25.9 Å². The van der Waals surface area contributed by atoms with Crippen molar-refractivity contribution in [3.8, 4) is 0 Å². The van der Waals surface area contributed by atoms with Crippen molar-refractivity contribution in [1.82, 2.24) is 15.3 Å². The lowest BCUT2D eigenvalue weighted by Crippen LogP contribution is -2.19. The van der Waals surface area contributed by atoms with Gasteiger partial charge in [-0.3, -0.25) is 0 Å². The highest BCUT2D eigenvalue weighted by Crippen LogP contribution is 2.26. The number of aromatic nitrogens is 2. The average Bonchev–Trinajstić information content (AvgIpc) is 2.56. The van der Waals surface area contributed by atoms with Crippen LogP contribution in [0.3, 0.4) is 0 Å². The molecule has 2 aromatic rings. The summed E-state index contributed by atoms with van der Waals surface area (Å²) in [6, 6.07) is 5.47. The quantitative estimate of drug-likeness (QED) is 0.433. The number of anilines is 2. The smallest absolute Gasteiger partial charge is 0.140 e. The van der Waals surface area contributed by atoms with E-state index in [0.717, 1.165) is 12.1 Å². The lowest BCUT2D eigenvalue weighted by Gasteiger charge is -2.13. The summed E-state index contributed by atoms with van der Waals surface area (Å²) in [5.74, 6) is 1.18. The first-order valence-electron chi connectivity index (χ1n) is 7.08. The lowest BCUT2D eigenvalue weighted by atomic mass is 10.2. The second-order valence-electron chi connectivity index (χ2n) is 4.73. The summed E-state index contributed by atoms with van der Waals surface area (Å²) in [5.41, 5.74) is 1.46. The molecule has 0 saturated heterocycles. The minimum atomic E-state index is 0.452. The molecule has 122 valence electrons. The molecule has 0 bridgehead atoms. The van der Waals surface area contributed by atoms with Gasteiger partial charge in [-0.25, -0.2) is 9.97 Å². The number of nitrogens with zero attached hydrogens (tertiary/aromatic N) is 2. The van der Waals surface area contributed by atoms with E-state index in [0.29, 0.717) is 40.3 Å². The van der Waals surface area contributed by atoms with Gasteiger partial charge in [0.2, 0.25) is 0 Å². The molecule has 23 heavy (non-hydrogen) atoms. The second-order valence-corrected chi connectivity index (χ2v) is 5.51. The molecule has 0 atom stereocenters. The van der Waals surface area contributed by atoms with Crippen molar-refractivity contribution >= 4 is 41.1 Å². The molecule has 0 aliphatic carbocycles. The van der Waals surface area contributed by atoms with Crippen LogP contribution >= 0.6 is 23.2 Å². The summed E-state index contributed by atoms with van der Waals surface area (Å²) in [7, 11) is 1.88. The first-order valence-corrected chi connectivity index (χ1v) is 7.83. The highest BCUT2D eigenvalue weighted by molar-refractivity contribution is 6.42. The molecule has 0 amide bonds. The number of benzene rings is 1. The molecule has 0 unspecified atom stereocenters. The fourth-order valence-corrected chi connectivity index (χ4v) is 2.37. The molecule has 4 N–H and O–H groups in total. The maximum Gasteiger partial charge on any atom is 0.140 e. The molecule has 0 aliphatic heterocycles. The Morgan fingerprint density at radius 2 is 1.87 bits per heavy atom. The molecule has 0 radical (unpaired) electrons. The Balaban J connectivity index is 2.14. The predicted octanol–water partition coefficient (Wildman–Crippen LogP) is 3.02. The van der Waals surface area contributed by atoms with E-state index < -0.39 is 0 Å². The molecule has 2 rings (SSSR count). The summed E-state index contributed by atoms with van der Waals surface area (Å²) in [4.78, 5) is 8.38. The summed E-state index contributed by atoms with van der Waals surface area (Å²) in [6.07, 6.45) is 2.68. The van der Waals surface area contributed by atoms with Gasteiger partial charge in [-0.15, -0.1) is 0 Å². The van der Waals surface area contributed by atoms with Gasteiger partial charge < -0.3 is 21.4 Å². The Labute approximate surface area is 145 Å². The highest BCUT2D eigenvalue weighted by Gasteiger charge is 2.10. The summed E-state index contributed by atoms with van der Waals surface area (Å²) in [5, 5.41) is 18.0. The third-order valence-electron chi connectivity index (χ3n) is 3.17. The number of rotatable bonds is 8. The van der Waals surface area contributed by atoms with E-state index in [4.69, 9.17) is 28.6 Å². The van der Waals surface area contributed by atoms with Gasteiger partial charge in [0.25, 0.3) is 0 Å². The zero-order chi connectivity index (χ0) is 16.7. The molecular weight excluding hydrogens is 335 g/mol. The van der Waals surface area contributed by atoms with Crippen molar-refractivity contribution in [3.05, 3.63) is 45.7 Å². The second kappa shape index (κ2) is 8.67. The minimum absolute atomic E-state index is 0.452. The standard InChI is InChI=1S/C15H18Cl2N6/c1-19-5-6-20-14-11(7-18)15(23-9-22-14)21-8-10-3-2-4-12(16)13(10)17/h2-4,7,9,18-19H,5-6,8H2,1H3,(H2,20,21,22,23).